The van der Waals surface area contributed by atoms with E-state index in [-0.39, 0.29) is 0 Å². The Bertz CT molecular complexity index is 444. The van der Waals surface area contributed by atoms with Crippen LogP contribution in [0, 0.1) is 5.92 Å². The predicted octanol–water partition coefficient (Wildman–Crippen LogP) is 1.88. The third-order valence-electron chi connectivity index (χ3n) is 3.20. The molecule has 1 aliphatic heterocycles. The van der Waals surface area contributed by atoms with Gasteiger partial charge in [-0.25, -0.2) is 0 Å². The van der Waals surface area contributed by atoms with Crippen LogP contribution in [0.15, 0.2) is 18.2 Å². The van der Waals surface area contributed by atoms with Crippen molar-refractivity contribution in [2.24, 2.45) is 11.7 Å². The summed E-state index contributed by atoms with van der Waals surface area (Å²) in [4.78, 5) is 0.382. The Morgan fingerprint density at radius 2 is 2.37 bits per heavy atom. The first-order chi connectivity index (χ1) is 9.20. The van der Waals surface area contributed by atoms with E-state index in [1.165, 1.54) is 0 Å². The summed E-state index contributed by atoms with van der Waals surface area (Å²) >= 11 is 4.98. The molecule has 1 atom stereocenters. The van der Waals surface area contributed by atoms with Crippen LogP contribution in [0.1, 0.15) is 17.5 Å². The fourth-order valence-electron chi connectivity index (χ4n) is 2.09. The lowest BCUT2D eigenvalue weighted by molar-refractivity contribution is 0.0780. The van der Waals surface area contributed by atoms with E-state index >= 15 is 0 Å². The highest BCUT2D eigenvalue weighted by molar-refractivity contribution is 7.80. The van der Waals surface area contributed by atoms with E-state index in [0.717, 1.165) is 36.5 Å². The SMILES string of the molecule is COc1ccc(C(N)=S)cc1COCC1CCOC1. The van der Waals surface area contributed by atoms with Crippen molar-refractivity contribution >= 4 is 17.2 Å². The standard InChI is InChI=1S/C14H19NO3S/c1-16-13-3-2-11(14(15)19)6-12(13)9-18-8-10-4-5-17-7-10/h2-3,6,10H,4-5,7-9H2,1H3,(H2,15,19). The van der Waals surface area contributed by atoms with Crippen LogP contribution in [0.2, 0.25) is 0 Å². The Morgan fingerprint density at radius 1 is 1.53 bits per heavy atom. The molecule has 2 rings (SSSR count). The van der Waals surface area contributed by atoms with Crippen LogP contribution in [-0.2, 0) is 16.1 Å². The normalized spacial score (nSPS) is 18.5. The monoisotopic (exact) mass is 281 g/mol. The Morgan fingerprint density at radius 3 is 3.00 bits per heavy atom. The highest BCUT2D eigenvalue weighted by Gasteiger charge is 2.16. The van der Waals surface area contributed by atoms with E-state index in [9.17, 15) is 0 Å². The van der Waals surface area contributed by atoms with Gasteiger partial charge in [-0.05, 0) is 24.6 Å². The Hall–Kier alpha value is -1.17. The van der Waals surface area contributed by atoms with Gasteiger partial charge < -0.3 is 19.9 Å². The second-order valence-corrected chi connectivity index (χ2v) is 5.08. The molecule has 0 amide bonds. The van der Waals surface area contributed by atoms with Gasteiger partial charge >= 0.3 is 0 Å². The van der Waals surface area contributed by atoms with Crippen LogP contribution in [-0.4, -0.2) is 31.9 Å². The number of nitrogens with two attached hydrogens (primary N) is 1. The lowest BCUT2D eigenvalue weighted by Gasteiger charge is -2.12. The van der Waals surface area contributed by atoms with Crippen LogP contribution in [0.4, 0.5) is 0 Å². The molecule has 1 aromatic rings. The Kier molecular flexibility index (Phi) is 5.13. The maximum absolute atomic E-state index is 5.74. The molecular formula is C14H19NO3S. The summed E-state index contributed by atoms with van der Waals surface area (Å²) in [5, 5.41) is 0. The Labute approximate surface area is 118 Å². The molecule has 19 heavy (non-hydrogen) atoms. The van der Waals surface area contributed by atoms with Gasteiger partial charge in [-0.1, -0.05) is 12.2 Å². The molecule has 5 heteroatoms. The van der Waals surface area contributed by atoms with Crippen LogP contribution in [0.25, 0.3) is 0 Å². The number of rotatable bonds is 6. The zero-order chi connectivity index (χ0) is 13.7. The summed E-state index contributed by atoms with van der Waals surface area (Å²) in [5.74, 6) is 1.30. The quantitative estimate of drug-likeness (QED) is 0.807. The minimum absolute atomic E-state index is 0.382. The second kappa shape index (κ2) is 6.84. The molecule has 1 fully saturated rings. The van der Waals surface area contributed by atoms with Crippen LogP contribution >= 0.6 is 12.2 Å². The van der Waals surface area contributed by atoms with E-state index in [1.54, 1.807) is 7.11 Å². The molecule has 0 spiro atoms. The van der Waals surface area contributed by atoms with E-state index < -0.39 is 0 Å². The van der Waals surface area contributed by atoms with Crippen molar-refractivity contribution < 1.29 is 14.2 Å². The maximum Gasteiger partial charge on any atom is 0.124 e. The van der Waals surface area contributed by atoms with Gasteiger partial charge in [0.1, 0.15) is 10.7 Å². The summed E-state index contributed by atoms with van der Waals surface area (Å²) < 4.78 is 16.4. The van der Waals surface area contributed by atoms with Gasteiger partial charge in [0.15, 0.2) is 0 Å². The van der Waals surface area contributed by atoms with E-state index in [0.29, 0.717) is 24.1 Å². The number of benzene rings is 1. The molecule has 0 aliphatic carbocycles. The molecule has 1 aromatic carbocycles. The summed E-state index contributed by atoms with van der Waals surface area (Å²) in [6.45, 7) is 2.84. The van der Waals surface area contributed by atoms with Crippen LogP contribution in [0.5, 0.6) is 5.75 Å². The summed E-state index contributed by atoms with van der Waals surface area (Å²) in [7, 11) is 1.64. The molecule has 1 heterocycles. The lowest BCUT2D eigenvalue weighted by Crippen LogP contribution is -2.12. The van der Waals surface area contributed by atoms with E-state index in [2.05, 4.69) is 0 Å². The number of ether oxygens (including phenoxy) is 3. The van der Waals surface area contributed by atoms with Gasteiger partial charge in [0.25, 0.3) is 0 Å². The number of hydrogen-bond acceptors (Lipinski definition) is 4. The molecule has 2 N–H and O–H groups in total. The van der Waals surface area contributed by atoms with E-state index in [1.807, 2.05) is 18.2 Å². The molecule has 0 bridgehead atoms. The van der Waals surface area contributed by atoms with Crippen LogP contribution in [0.3, 0.4) is 0 Å². The molecule has 4 nitrogen and oxygen atoms in total. The van der Waals surface area contributed by atoms with Gasteiger partial charge in [0.2, 0.25) is 0 Å². The summed E-state index contributed by atoms with van der Waals surface area (Å²) in [6.07, 6.45) is 1.07. The van der Waals surface area contributed by atoms with Crippen molar-refractivity contribution in [3.8, 4) is 5.75 Å². The van der Waals surface area contributed by atoms with Gasteiger partial charge in [0, 0.05) is 23.7 Å². The highest BCUT2D eigenvalue weighted by Crippen LogP contribution is 2.22. The predicted molar refractivity (Wildman–Crippen MR) is 77.5 cm³/mol. The third kappa shape index (κ3) is 3.89. The molecule has 104 valence electrons. The second-order valence-electron chi connectivity index (χ2n) is 4.64. The average Bonchev–Trinajstić information content (AvgIpc) is 2.91. The van der Waals surface area contributed by atoms with Gasteiger partial charge in [-0.2, -0.15) is 0 Å². The van der Waals surface area contributed by atoms with E-state index in [4.69, 9.17) is 32.2 Å². The molecule has 1 saturated heterocycles. The van der Waals surface area contributed by atoms with Crippen molar-refractivity contribution in [3.05, 3.63) is 29.3 Å². The minimum atomic E-state index is 0.382. The number of methoxy groups -OCH3 is 1. The Balaban J connectivity index is 1.96. The van der Waals surface area contributed by atoms with Crippen LogP contribution < -0.4 is 10.5 Å². The van der Waals surface area contributed by atoms with Gasteiger partial charge in [-0.15, -0.1) is 0 Å². The number of thiocarbonyl (C=S) groups is 1. The first kappa shape index (κ1) is 14.2. The van der Waals surface area contributed by atoms with Gasteiger partial charge in [-0.3, -0.25) is 0 Å². The maximum atomic E-state index is 5.74. The average molecular weight is 281 g/mol. The van der Waals surface area contributed by atoms with Crippen molar-refractivity contribution in [3.63, 3.8) is 0 Å². The van der Waals surface area contributed by atoms with Crippen molar-refractivity contribution in [1.82, 2.24) is 0 Å². The molecular weight excluding hydrogens is 262 g/mol. The minimum Gasteiger partial charge on any atom is -0.496 e. The zero-order valence-electron chi connectivity index (χ0n) is 11.1. The molecule has 0 saturated carbocycles. The summed E-state index contributed by atoms with van der Waals surface area (Å²) in [6, 6.07) is 5.65. The third-order valence-corrected chi connectivity index (χ3v) is 3.44. The molecule has 1 aliphatic rings. The lowest BCUT2D eigenvalue weighted by atomic mass is 10.1. The smallest absolute Gasteiger partial charge is 0.124 e. The number of hydrogen-bond donors (Lipinski definition) is 1. The fraction of sp³-hybridized carbons (Fsp3) is 0.500. The fourth-order valence-corrected chi connectivity index (χ4v) is 2.22. The summed E-state index contributed by atoms with van der Waals surface area (Å²) in [5.41, 5.74) is 7.43. The van der Waals surface area contributed by atoms with Gasteiger partial charge in [0.05, 0.1) is 26.9 Å². The zero-order valence-corrected chi connectivity index (χ0v) is 11.9. The first-order valence-electron chi connectivity index (χ1n) is 6.33. The molecule has 1 unspecified atom stereocenters. The molecule has 0 radical (unpaired) electrons. The van der Waals surface area contributed by atoms with Crippen molar-refractivity contribution in [2.45, 2.75) is 13.0 Å². The largest absolute Gasteiger partial charge is 0.496 e. The topological polar surface area (TPSA) is 53.7 Å². The first-order valence-corrected chi connectivity index (χ1v) is 6.73. The van der Waals surface area contributed by atoms with Crippen molar-refractivity contribution in [1.29, 1.82) is 0 Å². The highest BCUT2D eigenvalue weighted by atomic mass is 32.1. The van der Waals surface area contributed by atoms with Crippen molar-refractivity contribution in [2.75, 3.05) is 26.9 Å². The molecule has 0 aromatic heterocycles.